The van der Waals surface area contributed by atoms with E-state index in [-0.39, 0.29) is 10.7 Å². The van der Waals surface area contributed by atoms with Crippen molar-refractivity contribution in [3.8, 4) is 0 Å². The molecule has 0 fully saturated rings. The molecule has 1 atom stereocenters. The van der Waals surface area contributed by atoms with E-state index in [4.69, 9.17) is 0 Å². The molecular weight excluding hydrogens is 304 g/mol. The molecule has 0 radical (unpaired) electrons. The molecular formula is C11H17BrN2O2S. The molecule has 4 nitrogen and oxygen atoms in total. The fourth-order valence-corrected chi connectivity index (χ4v) is 2.61. The van der Waals surface area contributed by atoms with Crippen molar-refractivity contribution in [2.45, 2.75) is 6.04 Å². The topological polar surface area (TPSA) is 49.4 Å². The van der Waals surface area contributed by atoms with E-state index < -0.39 is 10.0 Å². The first-order chi connectivity index (χ1) is 7.94. The van der Waals surface area contributed by atoms with Gasteiger partial charge in [0.15, 0.2) is 0 Å². The second-order valence-corrected chi connectivity index (χ2v) is 7.12. The first kappa shape index (κ1) is 14.6. The van der Waals surface area contributed by atoms with Crippen LogP contribution in [0.4, 0.5) is 0 Å². The maximum Gasteiger partial charge on any atom is 0.222 e. The predicted molar refractivity (Wildman–Crippen MR) is 73.6 cm³/mol. The molecule has 0 bridgehead atoms. The van der Waals surface area contributed by atoms with Gasteiger partial charge in [-0.1, -0.05) is 46.3 Å². The number of benzene rings is 1. The maximum absolute atomic E-state index is 11.6. The minimum atomic E-state index is -3.27. The van der Waals surface area contributed by atoms with E-state index in [9.17, 15) is 8.42 Å². The highest BCUT2D eigenvalue weighted by atomic mass is 79.9. The van der Waals surface area contributed by atoms with Crippen LogP contribution in [0.1, 0.15) is 11.6 Å². The standard InChI is InChI=1S/C11H17BrN2O2S/c1-14(2)8-11(13-17(15,16)9-12)10-6-4-3-5-7-10/h3-7,11,13H,8-9H2,1-2H3. The van der Waals surface area contributed by atoms with Crippen molar-refractivity contribution >= 4 is 26.0 Å². The summed E-state index contributed by atoms with van der Waals surface area (Å²) in [6.45, 7) is 0.621. The summed E-state index contributed by atoms with van der Waals surface area (Å²) in [6, 6.07) is 9.33. The Morgan fingerprint density at radius 1 is 1.29 bits per heavy atom. The molecule has 0 aromatic heterocycles. The molecule has 0 saturated carbocycles. The van der Waals surface area contributed by atoms with E-state index in [0.717, 1.165) is 5.56 Å². The molecule has 0 saturated heterocycles. The van der Waals surface area contributed by atoms with Crippen molar-refractivity contribution in [2.24, 2.45) is 0 Å². The van der Waals surface area contributed by atoms with Gasteiger partial charge in [0.25, 0.3) is 0 Å². The third kappa shape index (κ3) is 5.16. The molecule has 0 aliphatic carbocycles. The zero-order chi connectivity index (χ0) is 12.9. The average molecular weight is 321 g/mol. The first-order valence-corrected chi connectivity index (χ1v) is 7.97. The lowest BCUT2D eigenvalue weighted by Crippen LogP contribution is -2.35. The molecule has 1 aromatic rings. The van der Waals surface area contributed by atoms with Crippen molar-refractivity contribution in [3.63, 3.8) is 0 Å². The van der Waals surface area contributed by atoms with Crippen LogP contribution in [0, 0.1) is 0 Å². The van der Waals surface area contributed by atoms with Gasteiger partial charge in [0, 0.05) is 6.54 Å². The molecule has 1 rings (SSSR count). The van der Waals surface area contributed by atoms with Crippen LogP contribution in [0.5, 0.6) is 0 Å². The van der Waals surface area contributed by atoms with Crippen molar-refractivity contribution in [1.29, 1.82) is 0 Å². The molecule has 96 valence electrons. The summed E-state index contributed by atoms with van der Waals surface area (Å²) in [4.78, 5) is 1.95. The Kier molecular flexibility index (Phi) is 5.58. The summed E-state index contributed by atoms with van der Waals surface area (Å²) < 4.78 is 25.8. The number of hydrogen-bond acceptors (Lipinski definition) is 3. The van der Waals surface area contributed by atoms with Gasteiger partial charge in [-0.2, -0.15) is 0 Å². The average Bonchev–Trinajstić information content (AvgIpc) is 2.28. The third-order valence-electron chi connectivity index (χ3n) is 2.22. The van der Waals surface area contributed by atoms with E-state index in [0.29, 0.717) is 6.54 Å². The zero-order valence-electron chi connectivity index (χ0n) is 9.93. The van der Waals surface area contributed by atoms with Gasteiger partial charge in [-0.3, -0.25) is 0 Å². The van der Waals surface area contributed by atoms with Crippen LogP contribution in [0.3, 0.4) is 0 Å². The Bertz CT molecular complexity index is 434. The van der Waals surface area contributed by atoms with Gasteiger partial charge in [0.05, 0.1) is 6.04 Å². The smallest absolute Gasteiger partial charge is 0.222 e. The van der Waals surface area contributed by atoms with Crippen molar-refractivity contribution < 1.29 is 8.42 Å². The quantitative estimate of drug-likeness (QED) is 0.809. The van der Waals surface area contributed by atoms with Gasteiger partial charge < -0.3 is 4.90 Å². The maximum atomic E-state index is 11.6. The zero-order valence-corrected chi connectivity index (χ0v) is 12.3. The first-order valence-electron chi connectivity index (χ1n) is 5.20. The van der Waals surface area contributed by atoms with Gasteiger partial charge >= 0.3 is 0 Å². The lowest BCUT2D eigenvalue weighted by Gasteiger charge is -2.22. The molecule has 0 aliphatic rings. The second kappa shape index (κ2) is 6.49. The molecule has 1 unspecified atom stereocenters. The van der Waals surface area contributed by atoms with Gasteiger partial charge in [-0.05, 0) is 19.7 Å². The number of nitrogens with one attached hydrogen (secondary N) is 1. The summed E-state index contributed by atoms with van der Waals surface area (Å²) in [5, 5.41) is 0. The number of hydrogen-bond donors (Lipinski definition) is 1. The van der Waals surface area contributed by atoms with Crippen LogP contribution in [0.2, 0.25) is 0 Å². The van der Waals surface area contributed by atoms with Crippen LogP contribution in [0.25, 0.3) is 0 Å². The van der Waals surface area contributed by atoms with E-state index >= 15 is 0 Å². The van der Waals surface area contributed by atoms with Crippen molar-refractivity contribution in [2.75, 3.05) is 25.3 Å². The van der Waals surface area contributed by atoms with Gasteiger partial charge in [-0.25, -0.2) is 13.1 Å². The number of alkyl halides is 1. The lowest BCUT2D eigenvalue weighted by molar-refractivity contribution is 0.363. The summed E-state index contributed by atoms with van der Waals surface area (Å²) in [7, 11) is 0.558. The SMILES string of the molecule is CN(C)CC(NS(=O)(=O)CBr)c1ccccc1. The Hall–Kier alpha value is -0.430. The Morgan fingerprint density at radius 2 is 1.88 bits per heavy atom. The third-order valence-corrected chi connectivity index (χ3v) is 4.95. The number of likely N-dealkylation sites (N-methyl/N-ethyl adjacent to an activating group) is 1. The molecule has 1 aromatic carbocycles. The van der Waals surface area contributed by atoms with Crippen LogP contribution in [0.15, 0.2) is 30.3 Å². The summed E-state index contributed by atoms with van der Waals surface area (Å²) >= 11 is 2.97. The Labute approximate surface area is 111 Å². The Morgan fingerprint density at radius 3 is 2.35 bits per heavy atom. The minimum Gasteiger partial charge on any atom is -0.307 e. The number of halogens is 1. The fourth-order valence-electron chi connectivity index (χ4n) is 1.51. The normalized spacial score (nSPS) is 13.9. The van der Waals surface area contributed by atoms with Gasteiger partial charge in [0.2, 0.25) is 10.0 Å². The number of sulfonamides is 1. The molecule has 0 heterocycles. The van der Waals surface area contributed by atoms with E-state index in [1.807, 2.05) is 49.3 Å². The summed E-state index contributed by atoms with van der Waals surface area (Å²) in [5.74, 6) is 0. The molecule has 1 N–H and O–H groups in total. The highest BCUT2D eigenvalue weighted by Gasteiger charge is 2.18. The van der Waals surface area contributed by atoms with Crippen molar-refractivity contribution in [3.05, 3.63) is 35.9 Å². The molecule has 6 heteroatoms. The van der Waals surface area contributed by atoms with E-state index in [1.165, 1.54) is 0 Å². The van der Waals surface area contributed by atoms with Gasteiger partial charge in [0.1, 0.15) is 4.66 Å². The molecule has 0 spiro atoms. The summed E-state index contributed by atoms with van der Waals surface area (Å²) in [6.07, 6.45) is 0. The van der Waals surface area contributed by atoms with E-state index in [2.05, 4.69) is 20.7 Å². The fraction of sp³-hybridized carbons (Fsp3) is 0.455. The number of rotatable bonds is 6. The molecule has 17 heavy (non-hydrogen) atoms. The van der Waals surface area contributed by atoms with Crippen LogP contribution in [-0.4, -0.2) is 38.6 Å². The minimum absolute atomic E-state index is 0.0865. The highest BCUT2D eigenvalue weighted by molar-refractivity contribution is 9.10. The highest BCUT2D eigenvalue weighted by Crippen LogP contribution is 2.15. The largest absolute Gasteiger partial charge is 0.307 e. The van der Waals surface area contributed by atoms with Crippen LogP contribution < -0.4 is 4.72 Å². The van der Waals surface area contributed by atoms with Crippen LogP contribution in [-0.2, 0) is 10.0 Å². The molecule has 0 aliphatic heterocycles. The van der Waals surface area contributed by atoms with E-state index in [1.54, 1.807) is 0 Å². The van der Waals surface area contributed by atoms with Crippen LogP contribution >= 0.6 is 15.9 Å². The monoisotopic (exact) mass is 320 g/mol. The lowest BCUT2D eigenvalue weighted by atomic mass is 10.1. The predicted octanol–water partition coefficient (Wildman–Crippen LogP) is 1.56. The molecule has 0 amide bonds. The number of nitrogens with zero attached hydrogens (tertiary/aromatic N) is 1. The Balaban J connectivity index is 2.89. The second-order valence-electron chi connectivity index (χ2n) is 4.07. The summed E-state index contributed by atoms with van der Waals surface area (Å²) in [5.41, 5.74) is 0.964. The van der Waals surface area contributed by atoms with Gasteiger partial charge in [-0.15, -0.1) is 0 Å². The van der Waals surface area contributed by atoms with Crippen molar-refractivity contribution in [1.82, 2.24) is 9.62 Å².